The van der Waals surface area contributed by atoms with Crippen molar-refractivity contribution in [2.75, 3.05) is 7.11 Å². The minimum atomic E-state index is 0.152. The van der Waals surface area contributed by atoms with Gasteiger partial charge in [-0.05, 0) is 18.2 Å². The molecule has 2 aromatic carbocycles. The average Bonchev–Trinajstić information content (AvgIpc) is 2.48. The van der Waals surface area contributed by atoms with Crippen molar-refractivity contribution in [3.05, 3.63) is 54.7 Å². The monoisotopic (exact) mass is 251 g/mol. The van der Waals surface area contributed by atoms with Crippen LogP contribution in [-0.2, 0) is 0 Å². The number of rotatable bonds is 2. The van der Waals surface area contributed by atoms with E-state index in [1.54, 1.807) is 25.4 Å². The van der Waals surface area contributed by atoms with Crippen LogP contribution >= 0.6 is 0 Å². The summed E-state index contributed by atoms with van der Waals surface area (Å²) in [6, 6.07) is 15.4. The standard InChI is InChI=1S/C16H13NO2/c1-19-14-8-7-12-13(16(14)18)9-10-17-15(12)11-5-3-2-4-6-11/h2-10,18H,1H3. The molecule has 0 spiro atoms. The molecule has 0 aliphatic rings. The molecule has 1 heterocycles. The Balaban J connectivity index is 2.31. The van der Waals surface area contributed by atoms with Gasteiger partial charge in [-0.25, -0.2) is 0 Å². The largest absolute Gasteiger partial charge is 0.504 e. The van der Waals surface area contributed by atoms with Gasteiger partial charge in [0, 0.05) is 22.5 Å². The smallest absolute Gasteiger partial charge is 0.165 e. The van der Waals surface area contributed by atoms with Crippen LogP contribution in [0.25, 0.3) is 22.0 Å². The minimum Gasteiger partial charge on any atom is -0.504 e. The molecule has 0 aliphatic carbocycles. The van der Waals surface area contributed by atoms with Crippen LogP contribution < -0.4 is 4.74 Å². The van der Waals surface area contributed by atoms with Gasteiger partial charge in [0.15, 0.2) is 11.5 Å². The SMILES string of the molecule is COc1ccc2c(-c3ccccc3)nccc2c1O. The van der Waals surface area contributed by atoms with Crippen molar-refractivity contribution in [3.8, 4) is 22.8 Å². The highest BCUT2D eigenvalue weighted by molar-refractivity contribution is 5.99. The molecule has 1 N–H and O–H groups in total. The van der Waals surface area contributed by atoms with E-state index in [-0.39, 0.29) is 5.75 Å². The molecule has 0 saturated carbocycles. The van der Waals surface area contributed by atoms with Gasteiger partial charge in [-0.1, -0.05) is 30.3 Å². The van der Waals surface area contributed by atoms with Crippen molar-refractivity contribution in [1.29, 1.82) is 0 Å². The summed E-state index contributed by atoms with van der Waals surface area (Å²) in [5.41, 5.74) is 1.88. The maximum absolute atomic E-state index is 10.2. The number of hydrogen-bond donors (Lipinski definition) is 1. The molecule has 1 aromatic heterocycles. The highest BCUT2D eigenvalue weighted by Gasteiger charge is 2.11. The lowest BCUT2D eigenvalue weighted by atomic mass is 10.0. The number of pyridine rings is 1. The first-order chi connectivity index (χ1) is 9.31. The first-order valence-electron chi connectivity index (χ1n) is 6.01. The van der Waals surface area contributed by atoms with Crippen LogP contribution in [0.15, 0.2) is 54.7 Å². The van der Waals surface area contributed by atoms with Crippen molar-refractivity contribution in [2.45, 2.75) is 0 Å². The summed E-state index contributed by atoms with van der Waals surface area (Å²) >= 11 is 0. The zero-order chi connectivity index (χ0) is 13.2. The molecule has 0 radical (unpaired) electrons. The number of nitrogens with zero attached hydrogens (tertiary/aromatic N) is 1. The Kier molecular flexibility index (Phi) is 2.80. The van der Waals surface area contributed by atoms with Crippen LogP contribution in [-0.4, -0.2) is 17.2 Å². The van der Waals surface area contributed by atoms with Crippen LogP contribution in [0.4, 0.5) is 0 Å². The van der Waals surface area contributed by atoms with Gasteiger partial charge in [-0.15, -0.1) is 0 Å². The van der Waals surface area contributed by atoms with E-state index in [0.717, 1.165) is 22.0 Å². The molecule has 0 saturated heterocycles. The molecule has 3 nitrogen and oxygen atoms in total. The topological polar surface area (TPSA) is 42.4 Å². The van der Waals surface area contributed by atoms with Gasteiger partial charge in [0.1, 0.15) is 0 Å². The summed E-state index contributed by atoms with van der Waals surface area (Å²) in [7, 11) is 1.54. The van der Waals surface area contributed by atoms with Crippen LogP contribution in [0.1, 0.15) is 0 Å². The fraction of sp³-hybridized carbons (Fsp3) is 0.0625. The van der Waals surface area contributed by atoms with Crippen LogP contribution in [0.3, 0.4) is 0 Å². The summed E-state index contributed by atoms with van der Waals surface area (Å²) in [6.07, 6.45) is 1.70. The van der Waals surface area contributed by atoms with Gasteiger partial charge in [0.05, 0.1) is 12.8 Å². The van der Waals surface area contributed by atoms with Crippen LogP contribution in [0.5, 0.6) is 11.5 Å². The summed E-state index contributed by atoms with van der Waals surface area (Å²) in [4.78, 5) is 4.42. The lowest BCUT2D eigenvalue weighted by Crippen LogP contribution is -1.89. The maximum Gasteiger partial charge on any atom is 0.165 e. The number of methoxy groups -OCH3 is 1. The maximum atomic E-state index is 10.2. The van der Waals surface area contributed by atoms with E-state index in [1.165, 1.54) is 0 Å². The van der Waals surface area contributed by atoms with E-state index in [4.69, 9.17) is 4.74 Å². The molecule has 0 fully saturated rings. The Hall–Kier alpha value is -2.55. The third-order valence-corrected chi connectivity index (χ3v) is 3.15. The van der Waals surface area contributed by atoms with Gasteiger partial charge < -0.3 is 9.84 Å². The van der Waals surface area contributed by atoms with Crippen molar-refractivity contribution in [2.24, 2.45) is 0 Å². The number of hydrogen-bond acceptors (Lipinski definition) is 3. The molecule has 3 aromatic rings. The lowest BCUT2D eigenvalue weighted by molar-refractivity contribution is 0.376. The summed E-state index contributed by atoms with van der Waals surface area (Å²) in [6.45, 7) is 0. The van der Waals surface area contributed by atoms with E-state index in [1.807, 2.05) is 36.4 Å². The van der Waals surface area contributed by atoms with Crippen LogP contribution in [0, 0.1) is 0 Å². The Morgan fingerprint density at radius 1 is 0.947 bits per heavy atom. The quantitative estimate of drug-likeness (QED) is 0.756. The molecule has 3 rings (SSSR count). The Labute approximate surface area is 111 Å². The van der Waals surface area contributed by atoms with E-state index in [2.05, 4.69) is 4.98 Å². The second-order valence-corrected chi connectivity index (χ2v) is 4.24. The van der Waals surface area contributed by atoms with Gasteiger partial charge in [0.25, 0.3) is 0 Å². The zero-order valence-corrected chi connectivity index (χ0v) is 10.5. The number of aromatic nitrogens is 1. The first kappa shape index (κ1) is 11.5. The number of aromatic hydroxyl groups is 1. The average molecular weight is 251 g/mol. The normalized spacial score (nSPS) is 10.6. The first-order valence-corrected chi connectivity index (χ1v) is 6.01. The van der Waals surface area contributed by atoms with E-state index in [0.29, 0.717) is 5.75 Å². The predicted molar refractivity (Wildman–Crippen MR) is 75.4 cm³/mol. The molecular weight excluding hydrogens is 238 g/mol. The van der Waals surface area contributed by atoms with Gasteiger partial charge in [-0.3, -0.25) is 4.98 Å². The Morgan fingerprint density at radius 2 is 1.74 bits per heavy atom. The van der Waals surface area contributed by atoms with E-state index in [9.17, 15) is 5.11 Å². The fourth-order valence-electron chi connectivity index (χ4n) is 2.21. The number of phenolic OH excluding ortho intramolecular Hbond substituents is 1. The molecule has 0 aliphatic heterocycles. The summed E-state index contributed by atoms with van der Waals surface area (Å²) in [5.74, 6) is 0.622. The molecular formula is C16H13NO2. The van der Waals surface area contributed by atoms with Crippen molar-refractivity contribution in [1.82, 2.24) is 4.98 Å². The molecule has 0 bridgehead atoms. The fourth-order valence-corrected chi connectivity index (χ4v) is 2.21. The third-order valence-electron chi connectivity index (χ3n) is 3.15. The Morgan fingerprint density at radius 3 is 2.47 bits per heavy atom. The van der Waals surface area contributed by atoms with Gasteiger partial charge >= 0.3 is 0 Å². The second kappa shape index (κ2) is 4.61. The number of benzene rings is 2. The molecule has 3 heteroatoms. The van der Waals surface area contributed by atoms with Gasteiger partial charge in [0.2, 0.25) is 0 Å². The number of phenols is 1. The van der Waals surface area contributed by atoms with Crippen molar-refractivity contribution < 1.29 is 9.84 Å². The molecule has 0 atom stereocenters. The van der Waals surface area contributed by atoms with Crippen molar-refractivity contribution in [3.63, 3.8) is 0 Å². The van der Waals surface area contributed by atoms with Crippen molar-refractivity contribution >= 4 is 10.8 Å². The predicted octanol–water partition coefficient (Wildman–Crippen LogP) is 3.62. The lowest BCUT2D eigenvalue weighted by Gasteiger charge is -2.09. The molecule has 19 heavy (non-hydrogen) atoms. The summed E-state index contributed by atoms with van der Waals surface area (Å²) < 4.78 is 5.13. The summed E-state index contributed by atoms with van der Waals surface area (Å²) in [5, 5.41) is 11.8. The number of ether oxygens (including phenoxy) is 1. The van der Waals surface area contributed by atoms with Gasteiger partial charge in [-0.2, -0.15) is 0 Å². The molecule has 0 amide bonds. The van der Waals surface area contributed by atoms with Crippen LogP contribution in [0.2, 0.25) is 0 Å². The van der Waals surface area contributed by atoms with E-state index < -0.39 is 0 Å². The third kappa shape index (κ3) is 1.89. The second-order valence-electron chi connectivity index (χ2n) is 4.24. The minimum absolute atomic E-state index is 0.152. The molecule has 0 unspecified atom stereocenters. The van der Waals surface area contributed by atoms with E-state index >= 15 is 0 Å². The number of fused-ring (bicyclic) bond motifs is 1. The highest BCUT2D eigenvalue weighted by Crippen LogP contribution is 2.37. The highest BCUT2D eigenvalue weighted by atomic mass is 16.5. The Bertz CT molecular complexity index is 723. The molecule has 94 valence electrons. The zero-order valence-electron chi connectivity index (χ0n) is 10.5.